The third-order valence-electron chi connectivity index (χ3n) is 9.92. The summed E-state index contributed by atoms with van der Waals surface area (Å²) >= 11 is 1.26. The van der Waals surface area contributed by atoms with Gasteiger partial charge in [-0.3, -0.25) is 9.59 Å². The molecule has 2 saturated heterocycles. The van der Waals surface area contributed by atoms with E-state index in [9.17, 15) is 14.4 Å². The number of amides is 2. The molecule has 11 heteroatoms. The Morgan fingerprint density at radius 1 is 1.02 bits per heavy atom. The standard InChI is InChI=1S/C27H42N4O3.C10H8O3S/c28-27(12-4-5-13-27)26(33)30-24(18-21-6-2-1-3-7-21)25(32)29-19-22-8-14-31(15-9-22)20-23-10-16-34-17-11-23;1-13-7-3-2-6-4-9(10(11)12)14-8(6)5-7/h1-3,6-7,22-24H,4-5,8-20,28H2,(H,29,32)(H,30,33);2-5H,1H3,(H,11,12)/t24-;/m1./s1. The highest BCUT2D eigenvalue weighted by molar-refractivity contribution is 7.20. The molecule has 1 saturated carbocycles. The van der Waals surface area contributed by atoms with Gasteiger partial charge >= 0.3 is 5.97 Å². The monoisotopic (exact) mass is 678 g/mol. The number of thiophene rings is 1. The number of carbonyl (C=O) groups is 3. The summed E-state index contributed by atoms with van der Waals surface area (Å²) in [6, 6.07) is 16.4. The van der Waals surface area contributed by atoms with Crippen LogP contribution in [0, 0.1) is 11.8 Å². The van der Waals surface area contributed by atoms with Gasteiger partial charge < -0.3 is 35.8 Å². The Morgan fingerprint density at radius 3 is 2.40 bits per heavy atom. The molecule has 1 aromatic heterocycles. The Kier molecular flexibility index (Phi) is 12.9. The number of likely N-dealkylation sites (tertiary alicyclic amines) is 1. The third-order valence-corrected chi connectivity index (χ3v) is 11.0. The summed E-state index contributed by atoms with van der Waals surface area (Å²) in [4.78, 5) is 39.8. The minimum absolute atomic E-state index is 0.108. The van der Waals surface area contributed by atoms with Crippen LogP contribution in [0.4, 0.5) is 0 Å². The van der Waals surface area contributed by atoms with Gasteiger partial charge in [-0.1, -0.05) is 43.2 Å². The molecule has 6 rings (SSSR count). The molecule has 1 aliphatic carbocycles. The molecular formula is C37H50N4O6S. The summed E-state index contributed by atoms with van der Waals surface area (Å²) in [5.74, 6) is 0.809. The lowest BCUT2D eigenvalue weighted by Gasteiger charge is -2.35. The molecule has 1 atom stereocenters. The Labute approximate surface area is 287 Å². The molecule has 10 nitrogen and oxygen atoms in total. The summed E-state index contributed by atoms with van der Waals surface area (Å²) in [5, 5.41) is 15.9. The van der Waals surface area contributed by atoms with Gasteiger partial charge in [-0.05, 0) is 98.7 Å². The Morgan fingerprint density at radius 2 is 1.73 bits per heavy atom. The molecule has 0 bridgehead atoms. The molecule has 260 valence electrons. The van der Waals surface area contributed by atoms with Gasteiger partial charge in [0.25, 0.3) is 0 Å². The first-order valence-corrected chi connectivity index (χ1v) is 18.1. The van der Waals surface area contributed by atoms with Gasteiger partial charge in [-0.15, -0.1) is 11.3 Å². The van der Waals surface area contributed by atoms with Crippen molar-refractivity contribution in [3.05, 3.63) is 65.0 Å². The molecule has 3 fully saturated rings. The fourth-order valence-corrected chi connectivity index (χ4v) is 7.80. The number of carbonyl (C=O) groups excluding carboxylic acids is 2. The number of carboxylic acid groups (broad SMARTS) is 1. The van der Waals surface area contributed by atoms with E-state index in [1.165, 1.54) is 30.7 Å². The SMILES string of the molecule is COc1ccc2cc(C(=O)O)sc2c1.NC1(C(=O)N[C@H](Cc2ccccc2)C(=O)NCC2CCN(CC3CCOCC3)CC2)CCCC1. The van der Waals surface area contributed by atoms with E-state index in [1.54, 1.807) is 13.2 Å². The number of nitrogens with one attached hydrogen (secondary N) is 2. The van der Waals surface area contributed by atoms with Crippen LogP contribution in [0.1, 0.15) is 66.6 Å². The number of hydrogen-bond acceptors (Lipinski definition) is 8. The second-order valence-corrected chi connectivity index (χ2v) is 14.5. The fraction of sp³-hybridized carbons (Fsp3) is 0.541. The maximum Gasteiger partial charge on any atom is 0.345 e. The second kappa shape index (κ2) is 17.2. The zero-order chi connectivity index (χ0) is 33.9. The van der Waals surface area contributed by atoms with Crippen molar-refractivity contribution >= 4 is 39.2 Å². The average molecular weight is 679 g/mol. The van der Waals surface area contributed by atoms with Crippen LogP contribution in [-0.2, 0) is 20.7 Å². The highest BCUT2D eigenvalue weighted by Crippen LogP contribution is 2.29. The van der Waals surface area contributed by atoms with Crippen LogP contribution in [0.25, 0.3) is 10.1 Å². The number of piperidine rings is 1. The number of rotatable bonds is 11. The van der Waals surface area contributed by atoms with Gasteiger partial charge in [0, 0.05) is 37.4 Å². The van der Waals surface area contributed by atoms with Crippen molar-refractivity contribution in [1.29, 1.82) is 0 Å². The van der Waals surface area contributed by atoms with Gasteiger partial charge in [-0.2, -0.15) is 0 Å². The quantitative estimate of drug-likeness (QED) is 0.226. The maximum atomic E-state index is 13.2. The molecule has 48 heavy (non-hydrogen) atoms. The highest BCUT2D eigenvalue weighted by Gasteiger charge is 2.39. The fourth-order valence-electron chi connectivity index (χ4n) is 6.87. The van der Waals surface area contributed by atoms with Crippen LogP contribution in [0.5, 0.6) is 5.75 Å². The topological polar surface area (TPSA) is 143 Å². The number of nitrogens with zero attached hydrogens (tertiary/aromatic N) is 1. The third kappa shape index (κ3) is 10.0. The van der Waals surface area contributed by atoms with Crippen LogP contribution in [0.3, 0.4) is 0 Å². The van der Waals surface area contributed by atoms with Gasteiger partial charge in [-0.25, -0.2) is 4.79 Å². The van der Waals surface area contributed by atoms with Crippen molar-refractivity contribution in [2.75, 3.05) is 46.5 Å². The van der Waals surface area contributed by atoms with Gasteiger partial charge in [0.15, 0.2) is 0 Å². The lowest BCUT2D eigenvalue weighted by Crippen LogP contribution is -2.58. The van der Waals surface area contributed by atoms with E-state index in [-0.39, 0.29) is 11.8 Å². The number of nitrogens with two attached hydrogens (primary N) is 1. The first-order chi connectivity index (χ1) is 23.2. The zero-order valence-corrected chi connectivity index (χ0v) is 28.8. The average Bonchev–Trinajstić information content (AvgIpc) is 3.76. The Bertz CT molecular complexity index is 1490. The van der Waals surface area contributed by atoms with Crippen LogP contribution in [0.15, 0.2) is 54.6 Å². The highest BCUT2D eigenvalue weighted by atomic mass is 32.1. The van der Waals surface area contributed by atoms with Crippen LogP contribution in [-0.4, -0.2) is 85.9 Å². The molecule has 0 radical (unpaired) electrons. The summed E-state index contributed by atoms with van der Waals surface area (Å²) in [5.41, 5.74) is 6.55. The van der Waals surface area contributed by atoms with Crippen molar-refractivity contribution in [2.24, 2.45) is 17.6 Å². The summed E-state index contributed by atoms with van der Waals surface area (Å²) < 4.78 is 11.5. The Hall–Kier alpha value is -3.51. The van der Waals surface area contributed by atoms with Crippen molar-refractivity contribution in [3.8, 4) is 5.75 Å². The molecule has 2 amide bonds. The molecule has 2 aliphatic heterocycles. The minimum atomic E-state index is -0.884. The maximum absolute atomic E-state index is 13.2. The van der Waals surface area contributed by atoms with Crippen molar-refractivity contribution < 1.29 is 29.0 Å². The molecule has 0 unspecified atom stereocenters. The summed E-state index contributed by atoms with van der Waals surface area (Å²) in [7, 11) is 1.59. The lowest BCUT2D eigenvalue weighted by atomic mass is 9.93. The van der Waals surface area contributed by atoms with Crippen molar-refractivity contribution in [2.45, 2.75) is 69.4 Å². The van der Waals surface area contributed by atoms with Crippen LogP contribution >= 0.6 is 11.3 Å². The summed E-state index contributed by atoms with van der Waals surface area (Å²) in [6.07, 6.45) is 8.33. The number of ether oxygens (including phenoxy) is 2. The molecule has 3 aliphatic rings. The predicted molar refractivity (Wildman–Crippen MR) is 189 cm³/mol. The number of methoxy groups -OCH3 is 1. The van der Waals surface area contributed by atoms with Gasteiger partial charge in [0.1, 0.15) is 16.7 Å². The smallest absolute Gasteiger partial charge is 0.345 e. The lowest BCUT2D eigenvalue weighted by molar-refractivity contribution is -0.132. The van der Waals surface area contributed by atoms with E-state index in [2.05, 4.69) is 15.5 Å². The van der Waals surface area contributed by atoms with Gasteiger partial charge in [0.2, 0.25) is 11.8 Å². The van der Waals surface area contributed by atoms with E-state index < -0.39 is 17.6 Å². The summed E-state index contributed by atoms with van der Waals surface area (Å²) in [6.45, 7) is 5.83. The largest absolute Gasteiger partial charge is 0.497 e. The van der Waals surface area contributed by atoms with Crippen molar-refractivity contribution in [1.82, 2.24) is 15.5 Å². The molecule has 3 heterocycles. The first kappa shape index (κ1) is 35.8. The number of benzene rings is 2. The number of fused-ring (bicyclic) bond motifs is 1. The van der Waals surface area contributed by atoms with E-state index in [4.69, 9.17) is 20.3 Å². The minimum Gasteiger partial charge on any atom is -0.497 e. The van der Waals surface area contributed by atoms with E-state index in [0.717, 1.165) is 79.3 Å². The normalized spacial score (nSPS) is 19.2. The van der Waals surface area contributed by atoms with Crippen molar-refractivity contribution in [3.63, 3.8) is 0 Å². The van der Waals surface area contributed by atoms with Crippen LogP contribution in [0.2, 0.25) is 0 Å². The molecular weight excluding hydrogens is 628 g/mol. The van der Waals surface area contributed by atoms with Crippen LogP contribution < -0.4 is 21.1 Å². The molecule has 0 spiro atoms. The molecule has 2 aromatic carbocycles. The number of hydrogen-bond donors (Lipinski definition) is 4. The first-order valence-electron chi connectivity index (χ1n) is 17.2. The molecule has 5 N–H and O–H groups in total. The predicted octanol–water partition coefficient (Wildman–Crippen LogP) is 4.85. The number of aromatic carboxylic acids is 1. The second-order valence-electron chi connectivity index (χ2n) is 13.4. The Balaban J connectivity index is 0.000000267. The van der Waals surface area contributed by atoms with Gasteiger partial charge in [0.05, 0.1) is 12.6 Å². The van der Waals surface area contributed by atoms with E-state index in [1.807, 2.05) is 48.5 Å². The van der Waals surface area contributed by atoms with E-state index >= 15 is 0 Å². The zero-order valence-electron chi connectivity index (χ0n) is 28.0. The molecule has 3 aromatic rings. The van der Waals surface area contributed by atoms with E-state index in [0.29, 0.717) is 36.6 Å². The number of carboxylic acids is 1.